The van der Waals surface area contributed by atoms with E-state index >= 15 is 0 Å². The van der Waals surface area contributed by atoms with Gasteiger partial charge in [0, 0.05) is 32.8 Å². The van der Waals surface area contributed by atoms with E-state index in [0.717, 1.165) is 58.4 Å². The molecule has 8 aromatic carbocycles. The van der Waals surface area contributed by atoms with Gasteiger partial charge in [0.2, 0.25) is 0 Å². The average molecular weight is 880 g/mol. The van der Waals surface area contributed by atoms with Gasteiger partial charge in [0.15, 0.2) is 0 Å². The van der Waals surface area contributed by atoms with E-state index in [1.165, 1.54) is 73.2 Å². The first kappa shape index (κ1) is 43.1. The molecule has 0 saturated heterocycles. The van der Waals surface area contributed by atoms with Gasteiger partial charge in [-0.05, 0) is 156 Å². The molecule has 0 spiro atoms. The molecule has 9 heteroatoms. The molecule has 0 radical (unpaired) electrons. The van der Waals surface area contributed by atoms with E-state index in [-0.39, 0.29) is 23.0 Å². The topological polar surface area (TPSA) is 131 Å². The number of rotatable bonds is 4. The summed E-state index contributed by atoms with van der Waals surface area (Å²) in [6.45, 7) is 1.75. The van der Waals surface area contributed by atoms with Gasteiger partial charge in [0.1, 0.15) is 40.2 Å². The van der Waals surface area contributed by atoms with Crippen molar-refractivity contribution in [1.82, 2.24) is 0 Å². The van der Waals surface area contributed by atoms with Crippen molar-refractivity contribution in [3.63, 3.8) is 0 Å². The fourth-order valence-electron chi connectivity index (χ4n) is 9.21. The Balaban J connectivity index is 0.000000130. The molecule has 0 amide bonds. The van der Waals surface area contributed by atoms with E-state index < -0.39 is 0 Å². The maximum Gasteiger partial charge on any atom is 0.149 e. The highest BCUT2D eigenvalue weighted by atomic mass is 35.5. The summed E-state index contributed by atoms with van der Waals surface area (Å²) in [5, 5.41) is 66.8. The van der Waals surface area contributed by atoms with Gasteiger partial charge in [-0.25, -0.2) is 0 Å². The van der Waals surface area contributed by atoms with Crippen LogP contribution in [0.25, 0.3) is 54.9 Å². The van der Waals surface area contributed by atoms with E-state index in [1.807, 2.05) is 60.7 Å². The molecule has 0 fully saturated rings. The van der Waals surface area contributed by atoms with Crippen LogP contribution in [0.3, 0.4) is 0 Å². The first-order valence-electron chi connectivity index (χ1n) is 21.1. The number of phenols is 6. The van der Waals surface area contributed by atoms with Crippen LogP contribution in [0.5, 0.6) is 40.2 Å². The summed E-state index contributed by atoms with van der Waals surface area (Å²) in [5.41, 5.74) is 9.69. The molecule has 0 heterocycles. The lowest BCUT2D eigenvalue weighted by Crippen LogP contribution is -2.08. The molecule has 0 aromatic heterocycles. The molecule has 0 atom stereocenters. The Hall–Kier alpha value is -6.54. The fraction of sp³-hybridized carbons (Fsp3) is 0.185. The van der Waals surface area contributed by atoms with Crippen LogP contribution in [0, 0.1) is 6.92 Å². The van der Waals surface area contributed by atoms with Crippen LogP contribution < -0.4 is 4.74 Å². The summed E-state index contributed by atoms with van der Waals surface area (Å²) in [7, 11) is 1.45. The molecule has 6 N–H and O–H groups in total. The van der Waals surface area contributed by atoms with Gasteiger partial charge in [0.05, 0.1) is 17.7 Å². The highest BCUT2D eigenvalue weighted by Crippen LogP contribution is 2.49. The van der Waals surface area contributed by atoms with Crippen LogP contribution >= 0.6 is 23.2 Å². The third-order valence-electron chi connectivity index (χ3n) is 12.3. The third-order valence-corrected chi connectivity index (χ3v) is 13.0. The predicted molar refractivity (Wildman–Crippen MR) is 255 cm³/mol. The summed E-state index contributed by atoms with van der Waals surface area (Å²) in [6.07, 6.45) is 8.94. The third kappa shape index (κ3) is 8.39. The zero-order valence-electron chi connectivity index (χ0n) is 35.1. The Labute approximate surface area is 376 Å². The van der Waals surface area contributed by atoms with Gasteiger partial charge in [-0.15, -0.1) is 0 Å². The average Bonchev–Trinajstić information content (AvgIpc) is 3.30. The van der Waals surface area contributed by atoms with Gasteiger partial charge >= 0.3 is 0 Å². The van der Waals surface area contributed by atoms with Crippen LogP contribution in [0.15, 0.2) is 121 Å². The van der Waals surface area contributed by atoms with Crippen molar-refractivity contribution in [3.05, 3.63) is 159 Å². The second-order valence-corrected chi connectivity index (χ2v) is 16.8. The molecule has 320 valence electrons. The smallest absolute Gasteiger partial charge is 0.149 e. The minimum Gasteiger partial charge on any atom is -0.507 e. The van der Waals surface area contributed by atoms with Crippen LogP contribution in [-0.4, -0.2) is 37.7 Å². The second-order valence-electron chi connectivity index (χ2n) is 16.0. The molecule has 2 aliphatic carbocycles. The van der Waals surface area contributed by atoms with Gasteiger partial charge in [-0.3, -0.25) is 0 Å². The molecule has 0 saturated carbocycles. The maximum absolute atomic E-state index is 10.5. The number of benzene rings is 8. The normalized spacial score (nSPS) is 13.0. The Morgan fingerprint density at radius 2 is 0.778 bits per heavy atom. The van der Waals surface area contributed by atoms with Crippen LogP contribution in [0.1, 0.15) is 53.5 Å². The Morgan fingerprint density at radius 1 is 0.397 bits per heavy atom. The van der Waals surface area contributed by atoms with Crippen molar-refractivity contribution < 1.29 is 35.4 Å². The Morgan fingerprint density at radius 3 is 1.27 bits per heavy atom. The van der Waals surface area contributed by atoms with Crippen molar-refractivity contribution >= 4 is 44.7 Å². The number of aryl methyl sites for hydroxylation is 2. The molecule has 8 aromatic rings. The molecule has 0 unspecified atom stereocenters. The number of phenolic OH excluding ortho intramolecular Hbond substituents is 6. The monoisotopic (exact) mass is 878 g/mol. The molecule has 2 aliphatic rings. The second kappa shape index (κ2) is 18.4. The SMILES string of the molecule is COc1c(Cl)ccc(O)c1-c1c(O)ccc(Cl)c1C.Oc1ccc2c(c1-c1c(O)ccc3c1CCCC3)CCCC2.Oc1ccc2ccccc2c1-c1c(O)ccc2ccccc12. The Kier molecular flexibility index (Phi) is 12.6. The lowest BCUT2D eigenvalue weighted by atomic mass is 9.80. The summed E-state index contributed by atoms with van der Waals surface area (Å²) in [4.78, 5) is 0. The van der Waals surface area contributed by atoms with Crippen molar-refractivity contribution in [1.29, 1.82) is 0 Å². The summed E-state index contributed by atoms with van der Waals surface area (Å²) < 4.78 is 5.22. The highest BCUT2D eigenvalue weighted by molar-refractivity contribution is 6.33. The number of fused-ring (bicyclic) bond motifs is 4. The lowest BCUT2D eigenvalue weighted by molar-refractivity contribution is 0.409. The molecular formula is C54H48Cl2O7. The quantitative estimate of drug-likeness (QED) is 0.104. The largest absolute Gasteiger partial charge is 0.507 e. The number of hydrogen-bond acceptors (Lipinski definition) is 7. The van der Waals surface area contributed by atoms with Crippen molar-refractivity contribution in [2.45, 2.75) is 58.3 Å². The molecule has 0 bridgehead atoms. The van der Waals surface area contributed by atoms with E-state index in [4.69, 9.17) is 27.9 Å². The van der Waals surface area contributed by atoms with Gasteiger partial charge in [-0.2, -0.15) is 0 Å². The zero-order valence-corrected chi connectivity index (χ0v) is 36.6. The number of methoxy groups -OCH3 is 1. The first-order valence-corrected chi connectivity index (χ1v) is 21.9. The predicted octanol–water partition coefficient (Wildman–Crippen LogP) is 14.0. The number of hydrogen-bond donors (Lipinski definition) is 6. The lowest BCUT2D eigenvalue weighted by Gasteiger charge is -2.25. The Bertz CT molecular complexity index is 2870. The van der Waals surface area contributed by atoms with Crippen molar-refractivity contribution in [2.75, 3.05) is 7.11 Å². The minimum absolute atomic E-state index is 0.00207. The number of halogens is 2. The standard InChI is InChI=1S/C20H22O2.C20H14O2.C14H12Cl2O3/c2*21-17-11-9-13-5-1-3-7-15(13)19(17)20-16-8-4-2-6-14(16)10-12-18(20)22;1-7-8(15)3-5-10(17)12(7)13-11(18)6-4-9(16)14(13)19-2/h9-12,21-22H,1-8H2;1-12,21-22H;3-6,17-18H,1-2H3. The maximum atomic E-state index is 10.5. The number of aromatic hydroxyl groups is 6. The summed E-state index contributed by atoms with van der Waals surface area (Å²) in [6, 6.07) is 36.6. The summed E-state index contributed by atoms with van der Waals surface area (Å²) >= 11 is 12.1. The van der Waals surface area contributed by atoms with E-state index in [1.54, 1.807) is 37.3 Å². The zero-order chi connectivity index (χ0) is 44.4. The number of ether oxygens (including phenoxy) is 1. The van der Waals surface area contributed by atoms with Crippen LogP contribution in [-0.2, 0) is 25.7 Å². The van der Waals surface area contributed by atoms with Crippen LogP contribution in [0.2, 0.25) is 10.0 Å². The van der Waals surface area contributed by atoms with Gasteiger partial charge in [-0.1, -0.05) is 96.0 Å². The molecular weight excluding hydrogens is 831 g/mol. The molecule has 10 rings (SSSR count). The highest BCUT2D eigenvalue weighted by Gasteiger charge is 2.25. The van der Waals surface area contributed by atoms with Crippen molar-refractivity contribution in [3.8, 4) is 73.6 Å². The minimum atomic E-state index is -0.0399. The molecule has 7 nitrogen and oxygen atoms in total. The molecule has 63 heavy (non-hydrogen) atoms. The van der Waals surface area contributed by atoms with Crippen molar-refractivity contribution in [2.24, 2.45) is 0 Å². The van der Waals surface area contributed by atoms with E-state index in [0.29, 0.717) is 55.1 Å². The first-order chi connectivity index (χ1) is 30.5. The van der Waals surface area contributed by atoms with E-state index in [2.05, 4.69) is 12.1 Å². The fourth-order valence-corrected chi connectivity index (χ4v) is 9.60. The summed E-state index contributed by atoms with van der Waals surface area (Å²) in [5.74, 6) is 1.22. The van der Waals surface area contributed by atoms with Gasteiger partial charge in [0.25, 0.3) is 0 Å². The molecule has 0 aliphatic heterocycles. The van der Waals surface area contributed by atoms with Crippen LogP contribution in [0.4, 0.5) is 0 Å². The van der Waals surface area contributed by atoms with E-state index in [9.17, 15) is 30.6 Å². The van der Waals surface area contributed by atoms with Gasteiger partial charge < -0.3 is 35.4 Å².